The number of anilines is 2. The van der Waals surface area contributed by atoms with Gasteiger partial charge >= 0.3 is 0 Å². The van der Waals surface area contributed by atoms with E-state index in [-0.39, 0.29) is 12.1 Å². The Morgan fingerprint density at radius 3 is 2.47 bits per heavy atom. The molecule has 0 spiro atoms. The molecule has 0 saturated heterocycles. The number of nitrogens with one attached hydrogen (secondary N) is 2. The lowest BCUT2D eigenvalue weighted by molar-refractivity contribution is 0.218. The summed E-state index contributed by atoms with van der Waals surface area (Å²) in [5.74, 6) is 6.74. The van der Waals surface area contributed by atoms with Crippen molar-refractivity contribution >= 4 is 11.6 Å². The number of hydrogen-bond donors (Lipinski definition) is 4. The summed E-state index contributed by atoms with van der Waals surface area (Å²) in [7, 11) is 0. The van der Waals surface area contributed by atoms with Gasteiger partial charge in [0.2, 0.25) is 0 Å². The second-order valence-corrected chi connectivity index (χ2v) is 4.24. The van der Waals surface area contributed by atoms with Crippen LogP contribution in [0.2, 0.25) is 0 Å². The quantitative estimate of drug-likeness (QED) is 0.435. The van der Waals surface area contributed by atoms with Crippen molar-refractivity contribution < 1.29 is 5.11 Å². The molecule has 1 rings (SSSR count). The fraction of sp³-hybridized carbons (Fsp3) is 0.636. The third-order valence-electron chi connectivity index (χ3n) is 2.99. The minimum absolute atomic E-state index is 0.0437. The fourth-order valence-corrected chi connectivity index (χ4v) is 1.50. The summed E-state index contributed by atoms with van der Waals surface area (Å²) in [6, 6.07) is 0. The fourth-order valence-electron chi connectivity index (χ4n) is 1.50. The highest BCUT2D eigenvalue weighted by Crippen LogP contribution is 2.24. The van der Waals surface area contributed by atoms with Crippen LogP contribution in [0.5, 0.6) is 0 Å². The highest BCUT2D eigenvalue weighted by atomic mass is 16.3. The highest BCUT2D eigenvalue weighted by Gasteiger charge is 2.23. The molecule has 5 N–H and O–H groups in total. The van der Waals surface area contributed by atoms with Gasteiger partial charge in [0.1, 0.15) is 18.0 Å². The van der Waals surface area contributed by atoms with Crippen LogP contribution in [0.3, 0.4) is 0 Å². The number of hydrogen-bond acceptors (Lipinski definition) is 6. The molecule has 1 aromatic rings. The number of nitrogens with two attached hydrogens (primary N) is 1. The smallest absolute Gasteiger partial charge is 0.148 e. The van der Waals surface area contributed by atoms with Crippen molar-refractivity contribution in [1.82, 2.24) is 9.97 Å². The van der Waals surface area contributed by atoms with Crippen molar-refractivity contribution in [3.8, 4) is 0 Å². The van der Waals surface area contributed by atoms with Crippen LogP contribution in [0.1, 0.15) is 32.8 Å². The van der Waals surface area contributed by atoms with Crippen molar-refractivity contribution in [1.29, 1.82) is 0 Å². The molecule has 0 saturated carbocycles. The van der Waals surface area contributed by atoms with Gasteiger partial charge in [-0.05, 0) is 19.8 Å². The summed E-state index contributed by atoms with van der Waals surface area (Å²) in [6.45, 7) is 6.01. The SMILES string of the molecule is CCc1c(NN)ncnc1NC(C)(CC)CO. The van der Waals surface area contributed by atoms with Crippen LogP contribution in [-0.2, 0) is 6.42 Å². The van der Waals surface area contributed by atoms with Crippen LogP contribution in [-0.4, -0.2) is 27.2 Å². The Balaban J connectivity index is 3.05. The first-order valence-corrected chi connectivity index (χ1v) is 5.79. The summed E-state index contributed by atoms with van der Waals surface area (Å²) in [5.41, 5.74) is 3.09. The molecule has 0 aromatic carbocycles. The number of nitrogen functional groups attached to an aromatic ring is 1. The first kappa shape index (κ1) is 13.7. The predicted molar refractivity (Wildman–Crippen MR) is 68.6 cm³/mol. The zero-order chi connectivity index (χ0) is 12.9. The first-order chi connectivity index (χ1) is 8.10. The van der Waals surface area contributed by atoms with Crippen molar-refractivity contribution in [2.24, 2.45) is 5.84 Å². The van der Waals surface area contributed by atoms with Gasteiger partial charge in [0.25, 0.3) is 0 Å². The third-order valence-corrected chi connectivity index (χ3v) is 2.99. The monoisotopic (exact) mass is 239 g/mol. The van der Waals surface area contributed by atoms with E-state index < -0.39 is 0 Å². The maximum absolute atomic E-state index is 9.39. The molecule has 0 aliphatic heterocycles. The Kier molecular flexibility index (Phi) is 4.65. The van der Waals surface area contributed by atoms with Gasteiger partial charge in [-0.25, -0.2) is 15.8 Å². The minimum Gasteiger partial charge on any atom is -0.394 e. The summed E-state index contributed by atoms with van der Waals surface area (Å²) in [5, 5.41) is 12.6. The maximum Gasteiger partial charge on any atom is 0.148 e. The number of rotatable bonds is 6. The van der Waals surface area contributed by atoms with Gasteiger partial charge in [-0.2, -0.15) is 0 Å². The lowest BCUT2D eigenvalue weighted by atomic mass is 10.00. The number of aromatic nitrogens is 2. The van der Waals surface area contributed by atoms with Gasteiger partial charge < -0.3 is 15.8 Å². The van der Waals surface area contributed by atoms with Crippen LogP contribution in [0.25, 0.3) is 0 Å². The van der Waals surface area contributed by atoms with Crippen LogP contribution < -0.4 is 16.6 Å². The van der Waals surface area contributed by atoms with Gasteiger partial charge in [0, 0.05) is 5.56 Å². The van der Waals surface area contributed by atoms with E-state index in [9.17, 15) is 5.11 Å². The van der Waals surface area contributed by atoms with Crippen molar-refractivity contribution in [3.05, 3.63) is 11.9 Å². The molecule has 6 heteroatoms. The summed E-state index contributed by atoms with van der Waals surface area (Å²) >= 11 is 0. The van der Waals surface area contributed by atoms with Crippen LogP contribution in [0.4, 0.5) is 11.6 Å². The topological polar surface area (TPSA) is 96.1 Å². The van der Waals surface area contributed by atoms with E-state index in [1.165, 1.54) is 6.33 Å². The van der Waals surface area contributed by atoms with Crippen molar-refractivity contribution in [2.75, 3.05) is 17.3 Å². The molecule has 0 aliphatic carbocycles. The van der Waals surface area contributed by atoms with Gasteiger partial charge in [0.15, 0.2) is 0 Å². The van der Waals surface area contributed by atoms with Gasteiger partial charge in [-0.3, -0.25) is 0 Å². The van der Waals surface area contributed by atoms with E-state index in [1.54, 1.807) is 0 Å². The molecule has 6 nitrogen and oxygen atoms in total. The molecule has 0 aliphatic rings. The van der Waals surface area contributed by atoms with Crippen LogP contribution in [0, 0.1) is 0 Å². The minimum atomic E-state index is -0.385. The Labute approximate surface area is 102 Å². The van der Waals surface area contributed by atoms with E-state index in [4.69, 9.17) is 5.84 Å². The largest absolute Gasteiger partial charge is 0.394 e. The molecule has 1 heterocycles. The molecule has 0 radical (unpaired) electrons. The second-order valence-electron chi connectivity index (χ2n) is 4.24. The molecule has 96 valence electrons. The lowest BCUT2D eigenvalue weighted by Crippen LogP contribution is -2.38. The Hall–Kier alpha value is -1.40. The van der Waals surface area contributed by atoms with E-state index in [1.807, 2.05) is 20.8 Å². The molecular weight excluding hydrogens is 218 g/mol. The number of aliphatic hydroxyl groups is 1. The summed E-state index contributed by atoms with van der Waals surface area (Å²) < 4.78 is 0. The summed E-state index contributed by atoms with van der Waals surface area (Å²) in [6.07, 6.45) is 3.00. The molecule has 0 bridgehead atoms. The number of aliphatic hydroxyl groups excluding tert-OH is 1. The third kappa shape index (κ3) is 3.04. The van der Waals surface area contributed by atoms with Gasteiger partial charge in [-0.15, -0.1) is 0 Å². The average Bonchev–Trinajstić information content (AvgIpc) is 2.38. The number of nitrogens with zero attached hydrogens (tertiary/aromatic N) is 2. The molecule has 1 aromatic heterocycles. The summed E-state index contributed by atoms with van der Waals surface area (Å²) in [4.78, 5) is 8.27. The zero-order valence-corrected chi connectivity index (χ0v) is 10.6. The van der Waals surface area contributed by atoms with Crippen LogP contribution in [0.15, 0.2) is 6.33 Å². The Morgan fingerprint density at radius 1 is 1.35 bits per heavy atom. The van der Waals surface area contributed by atoms with E-state index in [0.29, 0.717) is 11.6 Å². The second kappa shape index (κ2) is 5.79. The molecular formula is C11H21N5O. The highest BCUT2D eigenvalue weighted by molar-refractivity contribution is 5.57. The van der Waals surface area contributed by atoms with Gasteiger partial charge in [-0.1, -0.05) is 13.8 Å². The normalized spacial score (nSPS) is 14.2. The molecule has 0 fully saturated rings. The van der Waals surface area contributed by atoms with Crippen molar-refractivity contribution in [3.63, 3.8) is 0 Å². The van der Waals surface area contributed by atoms with E-state index >= 15 is 0 Å². The lowest BCUT2D eigenvalue weighted by Gasteiger charge is -2.29. The molecule has 1 atom stereocenters. The Bertz CT molecular complexity index is 365. The van der Waals surface area contributed by atoms with Crippen molar-refractivity contribution in [2.45, 2.75) is 39.2 Å². The maximum atomic E-state index is 9.39. The number of hydrazine groups is 1. The van der Waals surface area contributed by atoms with Gasteiger partial charge in [0.05, 0.1) is 12.1 Å². The zero-order valence-electron chi connectivity index (χ0n) is 10.6. The standard InChI is InChI=1S/C11H21N5O/c1-4-8-9(13-7-14-10(8)16-12)15-11(3,5-2)6-17/h7,17H,4-6,12H2,1-3H3,(H2,13,14,15,16). The first-order valence-electron chi connectivity index (χ1n) is 5.79. The molecule has 1 unspecified atom stereocenters. The van der Waals surface area contributed by atoms with Crippen LogP contribution >= 0.6 is 0 Å². The predicted octanol–water partition coefficient (Wildman–Crippen LogP) is 0.897. The molecule has 17 heavy (non-hydrogen) atoms. The van der Waals surface area contributed by atoms with E-state index in [2.05, 4.69) is 20.7 Å². The Morgan fingerprint density at radius 2 is 2.00 bits per heavy atom. The molecule has 0 amide bonds. The van der Waals surface area contributed by atoms with E-state index in [0.717, 1.165) is 18.4 Å². The average molecular weight is 239 g/mol.